The molecule has 49 heavy (non-hydrogen) atoms. The molecule has 12 heteroatoms. The molecule has 0 spiro atoms. The molecule has 1 aliphatic carbocycles. The molecule has 4 aromatic rings. The highest BCUT2D eigenvalue weighted by Crippen LogP contribution is 2.35. The summed E-state index contributed by atoms with van der Waals surface area (Å²) in [5.74, 6) is -1.64. The number of ether oxygens (including phenoxy) is 1. The van der Waals surface area contributed by atoms with Crippen molar-refractivity contribution in [2.45, 2.75) is 44.5 Å². The minimum Gasteiger partial charge on any atom is -0.459 e. The lowest BCUT2D eigenvalue weighted by Crippen LogP contribution is -2.51. The molecule has 252 valence electrons. The monoisotopic (exact) mass is 718 g/mol. The lowest BCUT2D eigenvalue weighted by molar-refractivity contribution is -0.147. The van der Waals surface area contributed by atoms with Gasteiger partial charge in [-0.15, -0.1) is 0 Å². The van der Waals surface area contributed by atoms with Crippen LogP contribution in [-0.4, -0.2) is 47.8 Å². The number of hydrogen-bond acceptors (Lipinski definition) is 5. The molecule has 0 bridgehead atoms. The maximum absolute atomic E-state index is 13.7. The van der Waals surface area contributed by atoms with Crippen molar-refractivity contribution in [1.29, 1.82) is 0 Å². The number of rotatable bonds is 9. The van der Waals surface area contributed by atoms with Crippen LogP contribution in [0.2, 0.25) is 15.1 Å². The third-order valence-electron chi connectivity index (χ3n) is 8.71. The third kappa shape index (κ3) is 8.02. The van der Waals surface area contributed by atoms with Crippen molar-refractivity contribution in [3.8, 4) is 0 Å². The number of hydrogen-bond donors (Lipinski definition) is 3. The van der Waals surface area contributed by atoms with Crippen molar-refractivity contribution in [2.75, 3.05) is 13.1 Å². The van der Waals surface area contributed by atoms with E-state index in [1.165, 1.54) is 5.56 Å². The van der Waals surface area contributed by atoms with Crippen LogP contribution in [0.5, 0.6) is 0 Å². The first kappa shape index (κ1) is 34.3. The summed E-state index contributed by atoms with van der Waals surface area (Å²) in [6, 6.07) is 23.5. The summed E-state index contributed by atoms with van der Waals surface area (Å²) in [4.78, 5) is 54.8. The fourth-order valence-electron chi connectivity index (χ4n) is 6.20. The molecule has 0 radical (unpaired) electrons. The van der Waals surface area contributed by atoms with Crippen LogP contribution >= 0.6 is 34.8 Å². The number of amides is 4. The number of carbonyl (C=O) groups excluding carboxylic acids is 4. The number of nitrogens with zero attached hydrogens (tertiary/aromatic N) is 1. The molecule has 2 atom stereocenters. The van der Waals surface area contributed by atoms with Gasteiger partial charge in [-0.05, 0) is 71.3 Å². The topological polar surface area (TPSA) is 117 Å². The minimum absolute atomic E-state index is 0.00965. The van der Waals surface area contributed by atoms with Gasteiger partial charge in [0.25, 0.3) is 11.8 Å². The quantitative estimate of drug-likeness (QED) is 0.167. The second-order valence-corrected chi connectivity index (χ2v) is 13.2. The SMILES string of the molecule is O=C(NC[C@H](NC(=O)c1c(Cl)cc2c(c1Cl)CCN(C(=O)c1cccc(Cl)c1)C2)C(=O)OCc1ccccc1)N[C@@H]1CCc2ccccc21. The zero-order valence-corrected chi connectivity index (χ0v) is 28.6. The number of urea groups is 1. The molecule has 9 nitrogen and oxygen atoms in total. The van der Waals surface area contributed by atoms with Crippen LogP contribution in [0.1, 0.15) is 61.0 Å². The van der Waals surface area contributed by atoms with Crippen molar-refractivity contribution < 1.29 is 23.9 Å². The Hall–Kier alpha value is -4.57. The van der Waals surface area contributed by atoms with E-state index in [4.69, 9.17) is 39.5 Å². The van der Waals surface area contributed by atoms with E-state index in [1.54, 1.807) is 35.2 Å². The molecule has 0 saturated carbocycles. The van der Waals surface area contributed by atoms with Gasteiger partial charge in [-0.25, -0.2) is 9.59 Å². The van der Waals surface area contributed by atoms with Gasteiger partial charge in [-0.1, -0.05) is 95.5 Å². The van der Waals surface area contributed by atoms with Crippen LogP contribution in [0, 0.1) is 0 Å². The van der Waals surface area contributed by atoms with Gasteiger partial charge in [-0.2, -0.15) is 0 Å². The van der Waals surface area contributed by atoms with Crippen molar-refractivity contribution in [3.63, 3.8) is 0 Å². The number of benzene rings is 4. The highest BCUT2D eigenvalue weighted by Gasteiger charge is 2.31. The molecule has 2 aliphatic rings. The first-order chi connectivity index (χ1) is 23.7. The molecule has 0 fully saturated rings. The number of aryl methyl sites for hydroxylation is 1. The van der Waals surface area contributed by atoms with Crippen LogP contribution < -0.4 is 16.0 Å². The molecular formula is C37H33Cl3N4O5. The lowest BCUT2D eigenvalue weighted by atomic mass is 9.96. The Morgan fingerprint density at radius 1 is 0.878 bits per heavy atom. The molecule has 4 aromatic carbocycles. The van der Waals surface area contributed by atoms with Crippen LogP contribution in [-0.2, 0) is 35.5 Å². The zero-order valence-electron chi connectivity index (χ0n) is 26.3. The van der Waals surface area contributed by atoms with Crippen LogP contribution in [0.25, 0.3) is 0 Å². The van der Waals surface area contributed by atoms with Gasteiger partial charge in [-0.3, -0.25) is 9.59 Å². The summed E-state index contributed by atoms with van der Waals surface area (Å²) < 4.78 is 5.53. The van der Waals surface area contributed by atoms with Gasteiger partial charge in [0.15, 0.2) is 0 Å². The first-order valence-corrected chi connectivity index (χ1v) is 17.0. The highest BCUT2D eigenvalue weighted by molar-refractivity contribution is 6.40. The summed E-state index contributed by atoms with van der Waals surface area (Å²) in [6.45, 7) is 0.322. The molecule has 1 heterocycles. The van der Waals surface area contributed by atoms with Gasteiger partial charge in [0.2, 0.25) is 0 Å². The largest absolute Gasteiger partial charge is 0.459 e. The molecule has 0 saturated heterocycles. The average molecular weight is 720 g/mol. The lowest BCUT2D eigenvalue weighted by Gasteiger charge is -2.30. The summed E-state index contributed by atoms with van der Waals surface area (Å²) in [5.41, 5.74) is 4.84. The highest BCUT2D eigenvalue weighted by atomic mass is 35.5. The molecule has 0 aromatic heterocycles. The Labute approximate surface area is 298 Å². The van der Waals surface area contributed by atoms with E-state index in [1.807, 2.05) is 54.6 Å². The first-order valence-electron chi connectivity index (χ1n) is 15.9. The van der Waals surface area contributed by atoms with Crippen LogP contribution in [0.15, 0.2) is 84.9 Å². The van der Waals surface area contributed by atoms with E-state index in [9.17, 15) is 19.2 Å². The average Bonchev–Trinajstić information content (AvgIpc) is 3.51. The van der Waals surface area contributed by atoms with E-state index in [0.717, 1.165) is 24.0 Å². The Balaban J connectivity index is 1.16. The third-order valence-corrected chi connectivity index (χ3v) is 9.66. The van der Waals surface area contributed by atoms with E-state index in [0.29, 0.717) is 34.7 Å². The van der Waals surface area contributed by atoms with E-state index < -0.39 is 23.9 Å². The summed E-state index contributed by atoms with van der Waals surface area (Å²) in [5, 5.41) is 9.00. The standard InChI is InChI=1S/C37H33Cl3N4O5/c38-26-11-6-10-24(17-26)35(46)44-16-15-28-25(20-44)18-29(39)32(33(28)40)34(45)42-31(36(47)49-21-22-7-2-1-3-8-22)19-41-37(48)43-30-14-13-23-9-4-5-12-27(23)30/h1-12,17-18,30-31H,13-16,19-21H2,(H,42,45)(H2,41,43,48)/t30-,31+/m1/s1. The van der Waals surface area contributed by atoms with Crippen LogP contribution in [0.3, 0.4) is 0 Å². The van der Waals surface area contributed by atoms with Gasteiger partial charge < -0.3 is 25.6 Å². The Kier molecular flexibility index (Phi) is 10.7. The zero-order chi connectivity index (χ0) is 34.5. The number of halogens is 3. The summed E-state index contributed by atoms with van der Waals surface area (Å²) >= 11 is 19.5. The predicted octanol–water partition coefficient (Wildman–Crippen LogP) is 6.67. The molecule has 1 aliphatic heterocycles. The van der Waals surface area contributed by atoms with Gasteiger partial charge in [0, 0.05) is 23.7 Å². The number of nitrogens with one attached hydrogen (secondary N) is 3. The Morgan fingerprint density at radius 3 is 2.45 bits per heavy atom. The van der Waals surface area contributed by atoms with Gasteiger partial charge in [0.1, 0.15) is 12.6 Å². The Morgan fingerprint density at radius 2 is 1.65 bits per heavy atom. The van der Waals surface area contributed by atoms with Gasteiger partial charge >= 0.3 is 12.0 Å². The molecule has 4 amide bonds. The summed E-state index contributed by atoms with van der Waals surface area (Å²) in [7, 11) is 0. The number of esters is 1. The predicted molar refractivity (Wildman–Crippen MR) is 188 cm³/mol. The van der Waals surface area contributed by atoms with Crippen molar-refractivity contribution in [1.82, 2.24) is 20.9 Å². The maximum atomic E-state index is 13.7. The van der Waals surface area contributed by atoms with Crippen molar-refractivity contribution in [2.24, 2.45) is 0 Å². The number of carbonyl (C=O) groups is 4. The maximum Gasteiger partial charge on any atom is 0.330 e. The Bertz CT molecular complexity index is 1900. The van der Waals surface area contributed by atoms with E-state index in [-0.39, 0.29) is 47.3 Å². The number of fused-ring (bicyclic) bond motifs is 2. The second-order valence-electron chi connectivity index (χ2n) is 11.9. The second kappa shape index (κ2) is 15.3. The fraction of sp³-hybridized carbons (Fsp3) is 0.243. The van der Waals surface area contributed by atoms with E-state index in [2.05, 4.69) is 16.0 Å². The van der Waals surface area contributed by atoms with Crippen molar-refractivity contribution >= 4 is 58.6 Å². The minimum atomic E-state index is -1.26. The fourth-order valence-corrected chi connectivity index (χ4v) is 7.16. The van der Waals surface area contributed by atoms with E-state index >= 15 is 0 Å². The molecule has 0 unspecified atom stereocenters. The molecule has 3 N–H and O–H groups in total. The van der Waals surface area contributed by atoms with Gasteiger partial charge in [0.05, 0.1) is 28.2 Å². The molecular weight excluding hydrogens is 687 g/mol. The summed E-state index contributed by atoms with van der Waals surface area (Å²) in [6.07, 6.45) is 1.99. The smallest absolute Gasteiger partial charge is 0.330 e. The van der Waals surface area contributed by atoms with Crippen molar-refractivity contribution in [3.05, 3.63) is 139 Å². The normalized spacial score (nSPS) is 15.4. The van der Waals surface area contributed by atoms with Crippen LogP contribution in [0.4, 0.5) is 4.79 Å². The molecule has 6 rings (SSSR count).